The molecule has 7 nitrogen and oxygen atoms in total. The minimum absolute atomic E-state index is 0.0575. The van der Waals surface area contributed by atoms with Crippen molar-refractivity contribution in [2.75, 3.05) is 6.61 Å². The largest absolute Gasteiger partial charge is 0.480 e. The molecular formula is C24H24F2N2O5. The van der Waals surface area contributed by atoms with E-state index in [0.717, 1.165) is 22.3 Å². The molecule has 0 aromatic heterocycles. The van der Waals surface area contributed by atoms with Crippen LogP contribution in [0.5, 0.6) is 0 Å². The minimum Gasteiger partial charge on any atom is -0.480 e. The summed E-state index contributed by atoms with van der Waals surface area (Å²) >= 11 is 0. The monoisotopic (exact) mass is 458 g/mol. The molecule has 2 atom stereocenters. The zero-order valence-electron chi connectivity index (χ0n) is 17.7. The Bertz CT molecular complexity index is 1010. The van der Waals surface area contributed by atoms with Crippen molar-refractivity contribution >= 4 is 18.0 Å². The van der Waals surface area contributed by atoms with E-state index >= 15 is 0 Å². The topological polar surface area (TPSA) is 105 Å². The summed E-state index contributed by atoms with van der Waals surface area (Å²) in [5, 5.41) is 13.7. The molecule has 174 valence electrons. The lowest BCUT2D eigenvalue weighted by Crippen LogP contribution is -2.53. The van der Waals surface area contributed by atoms with Crippen molar-refractivity contribution in [3.05, 3.63) is 59.7 Å². The van der Waals surface area contributed by atoms with Gasteiger partial charge in [0.05, 0.1) is 0 Å². The number of carboxylic acid groups (broad SMARTS) is 1. The van der Waals surface area contributed by atoms with E-state index in [0.29, 0.717) is 12.8 Å². The molecule has 2 aliphatic carbocycles. The predicted octanol–water partition coefficient (Wildman–Crippen LogP) is 3.53. The fourth-order valence-corrected chi connectivity index (χ4v) is 4.26. The second kappa shape index (κ2) is 9.56. The molecular weight excluding hydrogens is 434 g/mol. The van der Waals surface area contributed by atoms with Gasteiger partial charge in [-0.1, -0.05) is 48.5 Å². The molecule has 0 bridgehead atoms. The summed E-state index contributed by atoms with van der Waals surface area (Å²) < 4.78 is 30.7. The Hall–Kier alpha value is -3.49. The SMILES string of the molecule is O=C(NC(C(=O)NC(CC(F)F)C(=O)O)C1CC1)OCC1c2ccccc2-c2ccccc21. The maximum atomic E-state index is 12.6. The van der Waals surface area contributed by atoms with Crippen LogP contribution < -0.4 is 10.6 Å². The third kappa shape index (κ3) is 5.13. The molecule has 0 spiro atoms. The van der Waals surface area contributed by atoms with Crippen molar-refractivity contribution in [1.29, 1.82) is 0 Å². The first-order chi connectivity index (χ1) is 15.8. The summed E-state index contributed by atoms with van der Waals surface area (Å²) in [5.41, 5.74) is 4.24. The van der Waals surface area contributed by atoms with Gasteiger partial charge in [-0.15, -0.1) is 0 Å². The number of rotatable bonds is 9. The van der Waals surface area contributed by atoms with E-state index in [-0.39, 0.29) is 18.4 Å². The highest BCUT2D eigenvalue weighted by Gasteiger charge is 2.39. The number of halogens is 2. The molecule has 0 aliphatic heterocycles. The average Bonchev–Trinajstić information content (AvgIpc) is 3.57. The van der Waals surface area contributed by atoms with Crippen molar-refractivity contribution in [3.63, 3.8) is 0 Å². The molecule has 3 N–H and O–H groups in total. The van der Waals surface area contributed by atoms with Gasteiger partial charge < -0.3 is 20.5 Å². The standard InChI is InChI=1S/C24H24F2N2O5/c25-20(26)11-19(23(30)31)27-22(29)21(13-9-10-13)28-24(32)33-12-18-16-7-3-1-5-14(16)15-6-2-4-8-17(15)18/h1-8,13,18-21H,9-12H2,(H,27,29)(H,28,32)(H,30,31). The molecule has 33 heavy (non-hydrogen) atoms. The number of fused-ring (bicyclic) bond motifs is 3. The fraction of sp³-hybridized carbons (Fsp3) is 0.375. The predicted molar refractivity (Wildman–Crippen MR) is 115 cm³/mol. The third-order valence-electron chi connectivity index (χ3n) is 6.02. The number of hydrogen-bond acceptors (Lipinski definition) is 4. The number of alkyl halides is 2. The van der Waals surface area contributed by atoms with Crippen LogP contribution in [0.25, 0.3) is 11.1 Å². The van der Waals surface area contributed by atoms with Gasteiger partial charge in [0.15, 0.2) is 0 Å². The first-order valence-corrected chi connectivity index (χ1v) is 10.8. The van der Waals surface area contributed by atoms with Gasteiger partial charge in [0.1, 0.15) is 18.7 Å². The lowest BCUT2D eigenvalue weighted by atomic mass is 9.98. The molecule has 2 amide bonds. The van der Waals surface area contributed by atoms with Gasteiger partial charge in [-0.2, -0.15) is 0 Å². The van der Waals surface area contributed by atoms with Gasteiger partial charge in [-0.3, -0.25) is 4.79 Å². The molecule has 1 fully saturated rings. The number of aliphatic carboxylic acids is 1. The van der Waals surface area contributed by atoms with Crippen LogP contribution in [0.4, 0.5) is 13.6 Å². The maximum Gasteiger partial charge on any atom is 0.407 e. The molecule has 2 aromatic carbocycles. The number of nitrogens with one attached hydrogen (secondary N) is 2. The second-order valence-corrected chi connectivity index (χ2v) is 8.31. The zero-order valence-corrected chi connectivity index (χ0v) is 17.7. The summed E-state index contributed by atoms with van der Waals surface area (Å²) in [5.74, 6) is -2.70. The summed E-state index contributed by atoms with van der Waals surface area (Å²) in [4.78, 5) is 36.3. The number of amides is 2. The quantitative estimate of drug-likeness (QED) is 0.533. The van der Waals surface area contributed by atoms with Gasteiger partial charge in [0.2, 0.25) is 12.3 Å². The average molecular weight is 458 g/mol. The highest BCUT2D eigenvalue weighted by atomic mass is 19.3. The van der Waals surface area contributed by atoms with Gasteiger partial charge >= 0.3 is 12.1 Å². The number of alkyl carbamates (subject to hydrolysis) is 1. The van der Waals surface area contributed by atoms with Crippen LogP contribution in [-0.2, 0) is 14.3 Å². The summed E-state index contributed by atoms with van der Waals surface area (Å²) in [6, 6.07) is 13.0. The zero-order chi connectivity index (χ0) is 23.5. The minimum atomic E-state index is -2.89. The van der Waals surface area contributed by atoms with Gasteiger partial charge in [0.25, 0.3) is 0 Å². The molecule has 0 heterocycles. The summed E-state index contributed by atoms with van der Waals surface area (Å²) in [6.07, 6.45) is -3.39. The second-order valence-electron chi connectivity index (χ2n) is 8.31. The highest BCUT2D eigenvalue weighted by molar-refractivity contribution is 5.89. The van der Waals surface area contributed by atoms with E-state index < -0.39 is 42.9 Å². The first-order valence-electron chi connectivity index (χ1n) is 10.8. The number of carbonyl (C=O) groups excluding carboxylic acids is 2. The fourth-order valence-electron chi connectivity index (χ4n) is 4.26. The van der Waals surface area contributed by atoms with E-state index in [9.17, 15) is 23.2 Å². The van der Waals surface area contributed by atoms with Crippen LogP contribution in [0.1, 0.15) is 36.3 Å². The van der Waals surface area contributed by atoms with E-state index in [2.05, 4.69) is 10.6 Å². The van der Waals surface area contributed by atoms with Crippen LogP contribution >= 0.6 is 0 Å². The third-order valence-corrected chi connectivity index (χ3v) is 6.02. The Morgan fingerprint density at radius 2 is 1.55 bits per heavy atom. The van der Waals surface area contributed by atoms with Crippen molar-refractivity contribution in [2.45, 2.75) is 43.7 Å². The van der Waals surface area contributed by atoms with Crippen molar-refractivity contribution in [1.82, 2.24) is 10.6 Å². The lowest BCUT2D eigenvalue weighted by molar-refractivity contribution is -0.143. The van der Waals surface area contributed by atoms with E-state index in [1.165, 1.54) is 0 Å². The number of benzene rings is 2. The van der Waals surface area contributed by atoms with Gasteiger partial charge in [-0.05, 0) is 41.0 Å². The Kier molecular flexibility index (Phi) is 6.57. The van der Waals surface area contributed by atoms with Gasteiger partial charge in [0, 0.05) is 12.3 Å². The Balaban J connectivity index is 1.39. The Labute approximate surface area is 189 Å². The van der Waals surface area contributed by atoms with Crippen molar-refractivity contribution in [3.8, 4) is 11.1 Å². The molecule has 2 aliphatic rings. The normalized spacial score (nSPS) is 16.5. The van der Waals surface area contributed by atoms with E-state index in [4.69, 9.17) is 9.84 Å². The molecule has 1 saturated carbocycles. The van der Waals surface area contributed by atoms with Gasteiger partial charge in [-0.25, -0.2) is 18.4 Å². The highest BCUT2D eigenvalue weighted by Crippen LogP contribution is 2.44. The van der Waals surface area contributed by atoms with Crippen molar-refractivity contribution < 1.29 is 33.0 Å². The van der Waals surface area contributed by atoms with Crippen LogP contribution in [0.2, 0.25) is 0 Å². The first kappa shape index (κ1) is 22.7. The van der Waals surface area contributed by atoms with E-state index in [1.807, 2.05) is 48.5 Å². The lowest BCUT2D eigenvalue weighted by Gasteiger charge is -2.21. The van der Waals surface area contributed by atoms with Crippen LogP contribution in [0.3, 0.4) is 0 Å². The van der Waals surface area contributed by atoms with Crippen LogP contribution in [-0.4, -0.2) is 48.2 Å². The molecule has 2 unspecified atom stereocenters. The summed E-state index contributed by atoms with van der Waals surface area (Å²) in [6.45, 7) is 0.0575. The molecule has 0 radical (unpaired) electrons. The van der Waals surface area contributed by atoms with Crippen LogP contribution in [0.15, 0.2) is 48.5 Å². The molecule has 2 aromatic rings. The Morgan fingerprint density at radius 1 is 0.970 bits per heavy atom. The summed E-state index contributed by atoms with van der Waals surface area (Å²) in [7, 11) is 0. The number of hydrogen-bond donors (Lipinski definition) is 3. The number of carboxylic acids is 1. The van der Waals surface area contributed by atoms with Crippen LogP contribution in [0, 0.1) is 5.92 Å². The Morgan fingerprint density at radius 3 is 2.06 bits per heavy atom. The van der Waals surface area contributed by atoms with E-state index in [1.54, 1.807) is 0 Å². The van der Waals surface area contributed by atoms with Crippen molar-refractivity contribution in [2.24, 2.45) is 5.92 Å². The smallest absolute Gasteiger partial charge is 0.407 e. The molecule has 0 saturated heterocycles. The maximum absolute atomic E-state index is 12.6. The number of carbonyl (C=O) groups is 3. The molecule has 4 rings (SSSR count). The number of ether oxygens (including phenoxy) is 1. The molecule has 9 heteroatoms.